The Morgan fingerprint density at radius 2 is 2.36 bits per heavy atom. The molecule has 5 nitrogen and oxygen atoms in total. The van der Waals surface area contributed by atoms with Crippen LogP contribution in [0.3, 0.4) is 0 Å². The first kappa shape index (κ1) is 10.3. The molecule has 1 aromatic rings. The number of aryl methyl sites for hydroxylation is 1. The van der Waals surface area contributed by atoms with Crippen molar-refractivity contribution in [3.8, 4) is 5.75 Å². The minimum atomic E-state index is -0.330. The molecule has 1 aromatic heterocycles. The minimum absolute atomic E-state index is 0.117. The van der Waals surface area contributed by atoms with Crippen molar-refractivity contribution in [1.29, 1.82) is 0 Å². The van der Waals surface area contributed by atoms with E-state index in [2.05, 4.69) is 15.6 Å². The van der Waals surface area contributed by atoms with Crippen molar-refractivity contribution < 1.29 is 9.90 Å². The molecule has 14 heavy (non-hydrogen) atoms. The molecule has 5 heteroatoms. The Bertz CT molecular complexity index is 339. The molecular weight excluding hydrogens is 182 g/mol. The van der Waals surface area contributed by atoms with Crippen LogP contribution in [0.25, 0.3) is 0 Å². The fourth-order valence-electron chi connectivity index (χ4n) is 0.903. The van der Waals surface area contributed by atoms with Crippen LogP contribution < -0.4 is 10.6 Å². The summed E-state index contributed by atoms with van der Waals surface area (Å²) in [6, 6.07) is 1.08. The van der Waals surface area contributed by atoms with Crippen LogP contribution in [-0.4, -0.2) is 22.7 Å². The second kappa shape index (κ2) is 4.45. The second-order valence-electron chi connectivity index (χ2n) is 2.84. The number of carbonyl (C=O) groups is 1. The Kier molecular flexibility index (Phi) is 3.28. The first-order valence-corrected chi connectivity index (χ1v) is 4.34. The molecule has 0 saturated heterocycles. The normalized spacial score (nSPS) is 9.57. The molecule has 0 aliphatic rings. The van der Waals surface area contributed by atoms with Crippen LogP contribution >= 0.6 is 0 Å². The van der Waals surface area contributed by atoms with Gasteiger partial charge in [-0.3, -0.25) is 5.32 Å². The van der Waals surface area contributed by atoms with Gasteiger partial charge in [0.25, 0.3) is 0 Å². The van der Waals surface area contributed by atoms with Crippen LogP contribution in [0, 0.1) is 6.92 Å². The van der Waals surface area contributed by atoms with E-state index in [0.717, 1.165) is 0 Å². The summed E-state index contributed by atoms with van der Waals surface area (Å²) in [5.41, 5.74) is 0.673. The smallest absolute Gasteiger partial charge is 0.320 e. The van der Waals surface area contributed by atoms with E-state index in [1.54, 1.807) is 6.92 Å². The number of aromatic hydroxyl groups is 1. The number of aromatic nitrogens is 1. The second-order valence-corrected chi connectivity index (χ2v) is 2.84. The molecule has 0 aliphatic heterocycles. The lowest BCUT2D eigenvalue weighted by Gasteiger charge is -2.05. The van der Waals surface area contributed by atoms with Gasteiger partial charge in [0.2, 0.25) is 0 Å². The van der Waals surface area contributed by atoms with Gasteiger partial charge in [-0.05, 0) is 13.8 Å². The van der Waals surface area contributed by atoms with Gasteiger partial charge >= 0.3 is 6.03 Å². The Labute approximate surface area is 82.2 Å². The van der Waals surface area contributed by atoms with Gasteiger partial charge < -0.3 is 10.4 Å². The van der Waals surface area contributed by atoms with E-state index in [0.29, 0.717) is 17.9 Å². The molecule has 0 fully saturated rings. The molecule has 3 N–H and O–H groups in total. The molecule has 1 heterocycles. The van der Waals surface area contributed by atoms with E-state index in [1.165, 1.54) is 12.3 Å². The molecule has 0 unspecified atom stereocenters. The standard InChI is InChI=1S/C9H13N3O2/c1-3-10-9(14)12-8-4-7(13)6(2)5-11-8/h4-5H,3H2,1-2H3,(H3,10,11,12,13,14). The first-order valence-electron chi connectivity index (χ1n) is 4.34. The largest absolute Gasteiger partial charge is 0.507 e. The van der Waals surface area contributed by atoms with E-state index in [1.807, 2.05) is 6.92 Å². The fourth-order valence-corrected chi connectivity index (χ4v) is 0.903. The molecule has 0 spiro atoms. The van der Waals surface area contributed by atoms with E-state index in [4.69, 9.17) is 0 Å². The number of amides is 2. The molecule has 0 aliphatic carbocycles. The lowest BCUT2D eigenvalue weighted by atomic mass is 10.3. The van der Waals surface area contributed by atoms with Crippen LogP contribution in [0.15, 0.2) is 12.3 Å². The van der Waals surface area contributed by atoms with Gasteiger partial charge in [-0.1, -0.05) is 0 Å². The monoisotopic (exact) mass is 195 g/mol. The van der Waals surface area contributed by atoms with Gasteiger partial charge in [0.05, 0.1) is 0 Å². The summed E-state index contributed by atoms with van der Waals surface area (Å²) in [7, 11) is 0. The Morgan fingerprint density at radius 3 is 2.93 bits per heavy atom. The van der Waals surface area contributed by atoms with E-state index in [-0.39, 0.29) is 11.8 Å². The van der Waals surface area contributed by atoms with Crippen molar-refractivity contribution in [2.45, 2.75) is 13.8 Å². The molecule has 0 bridgehead atoms. The topological polar surface area (TPSA) is 74.2 Å². The third kappa shape index (κ3) is 2.62. The van der Waals surface area contributed by atoms with Gasteiger partial charge in [0.15, 0.2) is 0 Å². The van der Waals surface area contributed by atoms with Crippen molar-refractivity contribution in [3.05, 3.63) is 17.8 Å². The quantitative estimate of drug-likeness (QED) is 0.664. The maximum Gasteiger partial charge on any atom is 0.320 e. The summed E-state index contributed by atoms with van der Waals surface area (Å²) in [6.45, 7) is 4.10. The van der Waals surface area contributed by atoms with Crippen LogP contribution in [-0.2, 0) is 0 Å². The number of carbonyl (C=O) groups excluding carboxylic acids is 1. The highest BCUT2D eigenvalue weighted by Crippen LogP contribution is 2.17. The highest BCUT2D eigenvalue weighted by atomic mass is 16.3. The number of nitrogens with zero attached hydrogens (tertiary/aromatic N) is 1. The molecule has 0 aromatic carbocycles. The maximum atomic E-state index is 11.1. The molecule has 1 rings (SSSR count). The average molecular weight is 195 g/mol. The first-order chi connectivity index (χ1) is 6.63. The van der Waals surface area contributed by atoms with Crippen LogP contribution in [0.2, 0.25) is 0 Å². The minimum Gasteiger partial charge on any atom is -0.507 e. The van der Waals surface area contributed by atoms with Crippen molar-refractivity contribution in [2.75, 3.05) is 11.9 Å². The average Bonchev–Trinajstić information content (AvgIpc) is 2.12. The van der Waals surface area contributed by atoms with E-state index < -0.39 is 0 Å². The van der Waals surface area contributed by atoms with Crippen LogP contribution in [0.4, 0.5) is 10.6 Å². The van der Waals surface area contributed by atoms with E-state index in [9.17, 15) is 9.90 Å². The van der Waals surface area contributed by atoms with Gasteiger partial charge in [-0.25, -0.2) is 9.78 Å². The fraction of sp³-hybridized carbons (Fsp3) is 0.333. The molecular formula is C9H13N3O2. The molecule has 0 radical (unpaired) electrons. The molecule has 2 amide bonds. The van der Waals surface area contributed by atoms with Crippen molar-refractivity contribution in [3.63, 3.8) is 0 Å². The maximum absolute atomic E-state index is 11.1. The SMILES string of the molecule is CCNC(=O)Nc1cc(O)c(C)cn1. The number of hydrogen-bond acceptors (Lipinski definition) is 3. The van der Waals surface area contributed by atoms with Crippen molar-refractivity contribution in [1.82, 2.24) is 10.3 Å². The van der Waals surface area contributed by atoms with Crippen LogP contribution in [0.1, 0.15) is 12.5 Å². The highest BCUT2D eigenvalue weighted by Gasteiger charge is 2.03. The van der Waals surface area contributed by atoms with Crippen molar-refractivity contribution in [2.24, 2.45) is 0 Å². The number of pyridine rings is 1. The zero-order valence-electron chi connectivity index (χ0n) is 8.16. The lowest BCUT2D eigenvalue weighted by molar-refractivity contribution is 0.252. The molecule has 76 valence electrons. The Balaban J connectivity index is 2.68. The number of rotatable bonds is 2. The third-order valence-corrected chi connectivity index (χ3v) is 1.65. The molecule has 0 atom stereocenters. The zero-order chi connectivity index (χ0) is 10.6. The summed E-state index contributed by atoms with van der Waals surface area (Å²) in [6.07, 6.45) is 1.50. The third-order valence-electron chi connectivity index (χ3n) is 1.65. The van der Waals surface area contributed by atoms with Crippen molar-refractivity contribution >= 4 is 11.8 Å². The predicted octanol–water partition coefficient (Wildman–Crippen LogP) is 1.24. The molecule has 0 saturated carbocycles. The van der Waals surface area contributed by atoms with Gasteiger partial charge in [0.1, 0.15) is 11.6 Å². The summed E-state index contributed by atoms with van der Waals surface area (Å²) >= 11 is 0. The lowest BCUT2D eigenvalue weighted by Crippen LogP contribution is -2.28. The van der Waals surface area contributed by atoms with Gasteiger partial charge in [-0.2, -0.15) is 0 Å². The Morgan fingerprint density at radius 1 is 1.64 bits per heavy atom. The number of nitrogens with one attached hydrogen (secondary N) is 2. The summed E-state index contributed by atoms with van der Waals surface area (Å²) in [5, 5.41) is 14.4. The number of urea groups is 1. The zero-order valence-corrected chi connectivity index (χ0v) is 8.16. The summed E-state index contributed by atoms with van der Waals surface area (Å²) < 4.78 is 0. The van der Waals surface area contributed by atoms with Gasteiger partial charge in [0, 0.05) is 24.4 Å². The predicted molar refractivity (Wildman–Crippen MR) is 53.3 cm³/mol. The van der Waals surface area contributed by atoms with E-state index >= 15 is 0 Å². The van der Waals surface area contributed by atoms with Crippen LogP contribution in [0.5, 0.6) is 5.75 Å². The highest BCUT2D eigenvalue weighted by molar-refractivity contribution is 5.88. The number of anilines is 1. The van der Waals surface area contributed by atoms with Gasteiger partial charge in [-0.15, -0.1) is 0 Å². The summed E-state index contributed by atoms with van der Waals surface area (Å²) in [5.74, 6) is 0.450. The summed E-state index contributed by atoms with van der Waals surface area (Å²) in [4.78, 5) is 15.0. The Hall–Kier alpha value is -1.78. The number of hydrogen-bond donors (Lipinski definition) is 3.